The molecule has 1 N–H and O–H groups in total. The average molecular weight is 273 g/mol. The molecule has 3 aliphatic rings. The molecule has 3 nitrogen and oxygen atoms in total. The van der Waals surface area contributed by atoms with Gasteiger partial charge in [-0.1, -0.05) is 25.3 Å². The summed E-state index contributed by atoms with van der Waals surface area (Å²) < 4.78 is 11.7. The molecule has 2 fully saturated rings. The fourth-order valence-electron chi connectivity index (χ4n) is 4.25. The highest BCUT2D eigenvalue weighted by Crippen LogP contribution is 2.43. The van der Waals surface area contributed by atoms with Crippen LogP contribution in [0.4, 0.5) is 0 Å². The molecule has 2 aliphatic carbocycles. The summed E-state index contributed by atoms with van der Waals surface area (Å²) in [7, 11) is 1.73. The Balaban J connectivity index is 1.58. The quantitative estimate of drug-likeness (QED) is 0.853. The molecular formula is C17H23NO2. The van der Waals surface area contributed by atoms with Gasteiger partial charge in [0.2, 0.25) is 0 Å². The van der Waals surface area contributed by atoms with Crippen LogP contribution in [0.3, 0.4) is 0 Å². The van der Waals surface area contributed by atoms with Gasteiger partial charge in [0, 0.05) is 11.6 Å². The molecule has 1 spiro atoms. The van der Waals surface area contributed by atoms with E-state index in [4.69, 9.17) is 9.47 Å². The van der Waals surface area contributed by atoms with Crippen molar-refractivity contribution in [3.05, 3.63) is 29.3 Å². The highest BCUT2D eigenvalue weighted by molar-refractivity contribution is 5.42. The Morgan fingerprint density at radius 1 is 1.25 bits per heavy atom. The van der Waals surface area contributed by atoms with Crippen molar-refractivity contribution in [1.29, 1.82) is 0 Å². The van der Waals surface area contributed by atoms with E-state index in [0.29, 0.717) is 6.04 Å². The van der Waals surface area contributed by atoms with E-state index in [2.05, 4.69) is 23.5 Å². The van der Waals surface area contributed by atoms with Crippen LogP contribution in [0.1, 0.15) is 49.3 Å². The number of morpholine rings is 1. The van der Waals surface area contributed by atoms with Crippen molar-refractivity contribution in [3.8, 4) is 5.75 Å². The molecule has 0 radical (unpaired) electrons. The van der Waals surface area contributed by atoms with Gasteiger partial charge in [0.25, 0.3) is 0 Å². The fraction of sp³-hybridized carbons (Fsp3) is 0.647. The highest BCUT2D eigenvalue weighted by atomic mass is 16.5. The number of nitrogens with one attached hydrogen (secondary N) is 1. The zero-order chi connectivity index (χ0) is 13.6. The van der Waals surface area contributed by atoms with Crippen molar-refractivity contribution < 1.29 is 9.47 Å². The van der Waals surface area contributed by atoms with Gasteiger partial charge in [-0.25, -0.2) is 0 Å². The van der Waals surface area contributed by atoms with Crippen LogP contribution >= 0.6 is 0 Å². The zero-order valence-corrected chi connectivity index (χ0v) is 12.2. The van der Waals surface area contributed by atoms with Crippen LogP contribution < -0.4 is 10.1 Å². The number of methoxy groups -OCH3 is 1. The topological polar surface area (TPSA) is 30.5 Å². The van der Waals surface area contributed by atoms with Gasteiger partial charge in [0.15, 0.2) is 0 Å². The Morgan fingerprint density at radius 2 is 2.10 bits per heavy atom. The summed E-state index contributed by atoms with van der Waals surface area (Å²) in [6, 6.07) is 6.86. The summed E-state index contributed by atoms with van der Waals surface area (Å²) in [4.78, 5) is 0. The van der Waals surface area contributed by atoms with Crippen LogP contribution in [0.2, 0.25) is 0 Å². The number of hydrogen-bond acceptors (Lipinski definition) is 3. The monoisotopic (exact) mass is 273 g/mol. The van der Waals surface area contributed by atoms with Gasteiger partial charge in [0.05, 0.1) is 19.8 Å². The lowest BCUT2D eigenvalue weighted by Gasteiger charge is -2.46. The fourth-order valence-corrected chi connectivity index (χ4v) is 4.25. The predicted molar refractivity (Wildman–Crippen MR) is 78.1 cm³/mol. The standard InChI is InChI=1S/C17H23NO2/c1-19-13-6-5-12-9-15-16(14(12)10-13)20-11-17(18-15)7-3-2-4-8-17/h5-6,10,15-16,18H,2-4,7-9,11H2,1H3. The Labute approximate surface area is 120 Å². The third-order valence-corrected chi connectivity index (χ3v) is 5.31. The van der Waals surface area contributed by atoms with E-state index in [1.54, 1.807) is 7.11 Å². The number of hydrogen-bond donors (Lipinski definition) is 1. The van der Waals surface area contributed by atoms with Crippen LogP contribution in [0.15, 0.2) is 18.2 Å². The van der Waals surface area contributed by atoms with Gasteiger partial charge >= 0.3 is 0 Å². The minimum Gasteiger partial charge on any atom is -0.497 e. The van der Waals surface area contributed by atoms with E-state index in [1.807, 2.05) is 0 Å². The molecule has 20 heavy (non-hydrogen) atoms. The summed E-state index contributed by atoms with van der Waals surface area (Å²) >= 11 is 0. The molecule has 1 aliphatic heterocycles. The van der Waals surface area contributed by atoms with Crippen LogP contribution in [-0.4, -0.2) is 25.3 Å². The van der Waals surface area contributed by atoms with E-state index < -0.39 is 0 Å². The first-order valence-electron chi connectivity index (χ1n) is 7.86. The first kappa shape index (κ1) is 12.7. The van der Waals surface area contributed by atoms with E-state index in [0.717, 1.165) is 18.8 Å². The van der Waals surface area contributed by atoms with Crippen LogP contribution in [0, 0.1) is 0 Å². The second-order valence-corrected chi connectivity index (χ2v) is 6.59. The SMILES string of the molecule is COc1ccc2c(c1)C1OCC3(CCCCC3)NC1C2. The van der Waals surface area contributed by atoms with E-state index in [-0.39, 0.29) is 11.6 Å². The van der Waals surface area contributed by atoms with Crippen molar-refractivity contribution >= 4 is 0 Å². The second kappa shape index (κ2) is 4.74. The molecule has 2 atom stereocenters. The maximum atomic E-state index is 6.30. The van der Waals surface area contributed by atoms with Crippen molar-refractivity contribution in [1.82, 2.24) is 5.32 Å². The molecule has 1 saturated carbocycles. The van der Waals surface area contributed by atoms with Crippen molar-refractivity contribution in [2.24, 2.45) is 0 Å². The molecule has 2 unspecified atom stereocenters. The molecule has 108 valence electrons. The lowest BCUT2D eigenvalue weighted by Crippen LogP contribution is -2.59. The van der Waals surface area contributed by atoms with Crippen molar-refractivity contribution in [2.75, 3.05) is 13.7 Å². The average Bonchev–Trinajstić information content (AvgIpc) is 2.84. The van der Waals surface area contributed by atoms with Crippen molar-refractivity contribution in [3.63, 3.8) is 0 Å². The van der Waals surface area contributed by atoms with Gasteiger partial charge in [-0.05, 0) is 42.5 Å². The summed E-state index contributed by atoms with van der Waals surface area (Å²) in [6.45, 7) is 0.866. The molecule has 1 aromatic carbocycles. The Bertz CT molecular complexity index is 508. The summed E-state index contributed by atoms with van der Waals surface area (Å²) in [6.07, 6.45) is 7.92. The molecular weight excluding hydrogens is 250 g/mol. The van der Waals surface area contributed by atoms with Gasteiger partial charge in [-0.2, -0.15) is 0 Å². The molecule has 0 amide bonds. The Kier molecular flexibility index (Phi) is 3.00. The third kappa shape index (κ3) is 1.95. The van der Waals surface area contributed by atoms with Crippen LogP contribution in [-0.2, 0) is 11.2 Å². The van der Waals surface area contributed by atoms with E-state index >= 15 is 0 Å². The van der Waals surface area contributed by atoms with E-state index in [9.17, 15) is 0 Å². The summed E-state index contributed by atoms with van der Waals surface area (Å²) in [5.41, 5.74) is 3.00. The number of ether oxygens (including phenoxy) is 2. The summed E-state index contributed by atoms with van der Waals surface area (Å²) in [5.74, 6) is 0.936. The minimum atomic E-state index is 0.215. The molecule has 4 rings (SSSR count). The maximum absolute atomic E-state index is 6.30. The third-order valence-electron chi connectivity index (χ3n) is 5.31. The Hall–Kier alpha value is -1.06. The number of fused-ring (bicyclic) bond motifs is 3. The molecule has 1 aromatic rings. The maximum Gasteiger partial charge on any atom is 0.119 e. The molecule has 0 aromatic heterocycles. The van der Waals surface area contributed by atoms with Crippen LogP contribution in [0.5, 0.6) is 5.75 Å². The largest absolute Gasteiger partial charge is 0.497 e. The minimum absolute atomic E-state index is 0.215. The van der Waals surface area contributed by atoms with Gasteiger partial charge in [0.1, 0.15) is 5.75 Å². The van der Waals surface area contributed by atoms with Crippen molar-refractivity contribution in [2.45, 2.75) is 56.2 Å². The molecule has 1 heterocycles. The first-order valence-corrected chi connectivity index (χ1v) is 7.86. The molecule has 1 saturated heterocycles. The molecule has 0 bridgehead atoms. The van der Waals surface area contributed by atoms with E-state index in [1.165, 1.54) is 43.2 Å². The normalized spacial score (nSPS) is 30.9. The Morgan fingerprint density at radius 3 is 2.90 bits per heavy atom. The smallest absolute Gasteiger partial charge is 0.119 e. The summed E-state index contributed by atoms with van der Waals surface area (Å²) in [5, 5.41) is 3.95. The van der Waals surface area contributed by atoms with Crippen LogP contribution in [0.25, 0.3) is 0 Å². The highest BCUT2D eigenvalue weighted by Gasteiger charge is 2.45. The number of rotatable bonds is 1. The molecule has 3 heteroatoms. The lowest BCUT2D eigenvalue weighted by atomic mass is 9.80. The van der Waals surface area contributed by atoms with Gasteiger partial charge in [-0.3, -0.25) is 0 Å². The first-order chi connectivity index (χ1) is 9.80. The van der Waals surface area contributed by atoms with Gasteiger partial charge < -0.3 is 14.8 Å². The number of benzene rings is 1. The predicted octanol–water partition coefficient (Wildman–Crippen LogP) is 2.98. The van der Waals surface area contributed by atoms with Gasteiger partial charge in [-0.15, -0.1) is 0 Å². The zero-order valence-electron chi connectivity index (χ0n) is 12.2. The lowest BCUT2D eigenvalue weighted by molar-refractivity contribution is -0.0689. The second-order valence-electron chi connectivity index (χ2n) is 6.59.